The molecule has 0 spiro atoms. The van der Waals surface area contributed by atoms with Crippen molar-refractivity contribution in [3.05, 3.63) is 69.2 Å². The van der Waals surface area contributed by atoms with Crippen LogP contribution in [0.2, 0.25) is 5.02 Å². The Morgan fingerprint density at radius 1 is 1.26 bits per heavy atom. The van der Waals surface area contributed by atoms with Crippen molar-refractivity contribution in [1.82, 2.24) is 15.1 Å². The first-order chi connectivity index (χ1) is 11.1. The molecule has 2 aromatic heterocycles. The molecule has 1 fully saturated rings. The lowest BCUT2D eigenvalue weighted by Crippen LogP contribution is -2.01. The van der Waals surface area contributed by atoms with Crippen molar-refractivity contribution in [3.63, 3.8) is 0 Å². The van der Waals surface area contributed by atoms with E-state index in [2.05, 4.69) is 15.1 Å². The maximum Gasteiger partial charge on any atom is 0.247 e. The summed E-state index contributed by atoms with van der Waals surface area (Å²) in [5.41, 5.74) is 0.956. The van der Waals surface area contributed by atoms with Crippen LogP contribution in [0.25, 0.3) is 11.4 Å². The van der Waals surface area contributed by atoms with Crippen LogP contribution < -0.4 is 5.56 Å². The number of nitrogens with one attached hydrogen (secondary N) is 1. The fourth-order valence-corrected chi connectivity index (χ4v) is 3.01. The second-order valence-corrected chi connectivity index (χ2v) is 5.89. The summed E-state index contributed by atoms with van der Waals surface area (Å²) in [5.74, 6) is 0.448. The van der Waals surface area contributed by atoms with Gasteiger partial charge in [-0.3, -0.25) is 4.79 Å². The van der Waals surface area contributed by atoms with Crippen molar-refractivity contribution in [2.75, 3.05) is 0 Å². The summed E-state index contributed by atoms with van der Waals surface area (Å²) in [6.07, 6.45) is 2.24. The number of aromatic nitrogens is 3. The highest BCUT2D eigenvalue weighted by atomic mass is 35.5. The van der Waals surface area contributed by atoms with E-state index in [-0.39, 0.29) is 23.2 Å². The van der Waals surface area contributed by atoms with E-state index in [4.69, 9.17) is 16.1 Å². The minimum Gasteiger partial charge on any atom is -0.339 e. The number of nitrogens with zero attached hydrogens (tertiary/aromatic N) is 2. The standard InChI is InChI=1S/C16H11ClFN3O2/c17-11-2-1-3-12(18)14(11)9-6-10(9)16-20-15(21-23-16)8-4-5-13(22)19-7-8/h1-5,7,9-10H,6H2,(H,19,22). The molecule has 1 N–H and O–H groups in total. The molecular weight excluding hydrogens is 321 g/mol. The van der Waals surface area contributed by atoms with Gasteiger partial charge in [0.2, 0.25) is 17.3 Å². The van der Waals surface area contributed by atoms with Crippen LogP contribution in [0.15, 0.2) is 45.8 Å². The Balaban J connectivity index is 1.59. The highest BCUT2D eigenvalue weighted by molar-refractivity contribution is 6.31. The molecule has 1 aliphatic rings. The van der Waals surface area contributed by atoms with Gasteiger partial charge in [0.1, 0.15) is 5.82 Å². The Bertz CT molecular complexity index is 896. The van der Waals surface area contributed by atoms with Gasteiger partial charge in [-0.05, 0) is 24.6 Å². The molecule has 0 amide bonds. The Morgan fingerprint density at radius 3 is 2.87 bits per heavy atom. The molecule has 2 unspecified atom stereocenters. The Labute approximate surface area is 135 Å². The molecule has 2 atom stereocenters. The normalized spacial score (nSPS) is 19.7. The summed E-state index contributed by atoms with van der Waals surface area (Å²) in [4.78, 5) is 18.0. The highest BCUT2D eigenvalue weighted by Gasteiger charge is 2.46. The topological polar surface area (TPSA) is 71.8 Å². The summed E-state index contributed by atoms with van der Waals surface area (Å²) in [7, 11) is 0. The van der Waals surface area contributed by atoms with Crippen molar-refractivity contribution < 1.29 is 8.91 Å². The number of H-pyrrole nitrogens is 1. The van der Waals surface area contributed by atoms with Crippen molar-refractivity contribution in [2.45, 2.75) is 18.3 Å². The van der Waals surface area contributed by atoms with Gasteiger partial charge in [-0.15, -0.1) is 0 Å². The van der Waals surface area contributed by atoms with Gasteiger partial charge in [0.15, 0.2) is 0 Å². The predicted molar refractivity (Wildman–Crippen MR) is 81.9 cm³/mol. The molecule has 0 radical (unpaired) electrons. The summed E-state index contributed by atoms with van der Waals surface area (Å²) in [6.45, 7) is 0. The number of rotatable bonds is 3. The molecule has 0 bridgehead atoms. The van der Waals surface area contributed by atoms with Gasteiger partial charge in [0.05, 0.1) is 0 Å². The van der Waals surface area contributed by atoms with E-state index in [1.807, 2.05) is 0 Å². The fraction of sp³-hybridized carbons (Fsp3) is 0.188. The van der Waals surface area contributed by atoms with Crippen LogP contribution in [0, 0.1) is 5.82 Å². The average molecular weight is 332 g/mol. The minimum atomic E-state index is -0.314. The van der Waals surface area contributed by atoms with Crippen molar-refractivity contribution >= 4 is 11.6 Å². The van der Waals surface area contributed by atoms with Crippen molar-refractivity contribution in [1.29, 1.82) is 0 Å². The molecule has 7 heteroatoms. The number of pyridine rings is 1. The van der Waals surface area contributed by atoms with Crippen molar-refractivity contribution in [2.24, 2.45) is 0 Å². The lowest BCUT2D eigenvalue weighted by atomic mass is 10.1. The Morgan fingerprint density at radius 2 is 2.13 bits per heavy atom. The molecule has 0 aliphatic heterocycles. The zero-order valence-electron chi connectivity index (χ0n) is 11.8. The molecule has 5 nitrogen and oxygen atoms in total. The third-order valence-electron chi connectivity index (χ3n) is 3.96. The first kappa shape index (κ1) is 14.1. The third kappa shape index (κ3) is 2.55. The SMILES string of the molecule is O=c1ccc(-c2noc(C3CC3c3c(F)cccc3Cl)n2)c[nH]1. The molecule has 23 heavy (non-hydrogen) atoms. The van der Waals surface area contributed by atoms with E-state index >= 15 is 0 Å². The molecule has 3 aromatic rings. The number of hydrogen-bond acceptors (Lipinski definition) is 4. The maximum atomic E-state index is 14.0. The van der Waals surface area contributed by atoms with E-state index < -0.39 is 0 Å². The second kappa shape index (κ2) is 5.31. The summed E-state index contributed by atoms with van der Waals surface area (Å²) < 4.78 is 19.2. The fourth-order valence-electron chi connectivity index (χ4n) is 2.70. The first-order valence-electron chi connectivity index (χ1n) is 7.10. The smallest absolute Gasteiger partial charge is 0.247 e. The number of benzene rings is 1. The van der Waals surface area contributed by atoms with Gasteiger partial charge >= 0.3 is 0 Å². The van der Waals surface area contributed by atoms with E-state index in [0.29, 0.717) is 34.3 Å². The largest absolute Gasteiger partial charge is 0.339 e. The first-order valence-corrected chi connectivity index (χ1v) is 7.48. The quantitative estimate of drug-likeness (QED) is 0.797. The van der Waals surface area contributed by atoms with Crippen LogP contribution in [0.3, 0.4) is 0 Å². The maximum absolute atomic E-state index is 14.0. The summed E-state index contributed by atoms with van der Waals surface area (Å²) in [6, 6.07) is 7.67. The highest BCUT2D eigenvalue weighted by Crippen LogP contribution is 2.56. The summed E-state index contributed by atoms with van der Waals surface area (Å²) in [5, 5.41) is 4.33. The predicted octanol–water partition coefficient (Wildman–Crippen LogP) is 3.49. The molecule has 0 saturated heterocycles. The zero-order valence-corrected chi connectivity index (χ0v) is 12.5. The van der Waals surface area contributed by atoms with Crippen LogP contribution in [0.5, 0.6) is 0 Å². The lowest BCUT2D eigenvalue weighted by Gasteiger charge is -2.03. The molecule has 1 aliphatic carbocycles. The zero-order chi connectivity index (χ0) is 16.0. The van der Waals surface area contributed by atoms with E-state index in [0.717, 1.165) is 0 Å². The van der Waals surface area contributed by atoms with Crippen LogP contribution in [-0.2, 0) is 0 Å². The van der Waals surface area contributed by atoms with Crippen molar-refractivity contribution in [3.8, 4) is 11.4 Å². The van der Waals surface area contributed by atoms with Gasteiger partial charge in [-0.2, -0.15) is 4.98 Å². The van der Waals surface area contributed by atoms with E-state index in [9.17, 15) is 9.18 Å². The van der Waals surface area contributed by atoms with Gasteiger partial charge in [0.25, 0.3) is 0 Å². The molecular formula is C16H11ClFN3O2. The molecule has 2 heterocycles. The van der Waals surface area contributed by atoms with Crippen LogP contribution in [0.4, 0.5) is 4.39 Å². The van der Waals surface area contributed by atoms with E-state index in [1.165, 1.54) is 18.3 Å². The number of aromatic amines is 1. The van der Waals surface area contributed by atoms with Gasteiger partial charge in [-0.25, -0.2) is 4.39 Å². The minimum absolute atomic E-state index is 0.0339. The van der Waals surface area contributed by atoms with Gasteiger partial charge in [0, 0.05) is 40.2 Å². The summed E-state index contributed by atoms with van der Waals surface area (Å²) >= 11 is 6.09. The molecule has 1 aromatic carbocycles. The van der Waals surface area contributed by atoms with Gasteiger partial charge in [-0.1, -0.05) is 22.8 Å². The molecule has 1 saturated carbocycles. The van der Waals surface area contributed by atoms with Crippen LogP contribution in [-0.4, -0.2) is 15.1 Å². The Hall–Kier alpha value is -2.47. The van der Waals surface area contributed by atoms with E-state index in [1.54, 1.807) is 18.2 Å². The third-order valence-corrected chi connectivity index (χ3v) is 4.29. The lowest BCUT2D eigenvalue weighted by molar-refractivity contribution is 0.378. The van der Waals surface area contributed by atoms with Gasteiger partial charge < -0.3 is 9.51 Å². The average Bonchev–Trinajstić information content (AvgIpc) is 3.15. The number of hydrogen-bond donors (Lipinski definition) is 1. The number of halogens is 2. The van der Waals surface area contributed by atoms with Crippen LogP contribution >= 0.6 is 11.6 Å². The Kier molecular flexibility index (Phi) is 3.27. The monoisotopic (exact) mass is 331 g/mol. The second-order valence-electron chi connectivity index (χ2n) is 5.48. The molecule has 4 rings (SSSR count). The molecule has 116 valence electrons. The van der Waals surface area contributed by atoms with Crippen LogP contribution in [0.1, 0.15) is 29.7 Å².